The van der Waals surface area contributed by atoms with Crippen LogP contribution in [0.5, 0.6) is 0 Å². The van der Waals surface area contributed by atoms with Crippen LogP contribution in [0.2, 0.25) is 10.0 Å². The van der Waals surface area contributed by atoms with E-state index in [-0.39, 0.29) is 5.91 Å². The third-order valence-electron chi connectivity index (χ3n) is 4.50. The number of furan rings is 1. The van der Waals surface area contributed by atoms with Crippen molar-refractivity contribution in [1.29, 1.82) is 0 Å². The van der Waals surface area contributed by atoms with Crippen molar-refractivity contribution in [2.24, 2.45) is 0 Å². The van der Waals surface area contributed by atoms with Gasteiger partial charge in [0.2, 0.25) is 0 Å². The molecule has 0 saturated heterocycles. The van der Waals surface area contributed by atoms with Gasteiger partial charge >= 0.3 is 0 Å². The Bertz CT molecular complexity index is 1220. The van der Waals surface area contributed by atoms with Crippen molar-refractivity contribution < 1.29 is 9.21 Å². The van der Waals surface area contributed by atoms with Crippen molar-refractivity contribution in [3.63, 3.8) is 0 Å². The smallest absolute Gasteiger partial charge is 0.251 e. The molecule has 4 aromatic rings. The van der Waals surface area contributed by atoms with E-state index in [1.807, 2.05) is 37.3 Å². The van der Waals surface area contributed by atoms with Crippen molar-refractivity contribution in [2.75, 3.05) is 5.32 Å². The van der Waals surface area contributed by atoms with E-state index >= 15 is 0 Å². The molecule has 0 spiro atoms. The average Bonchev–Trinajstić information content (AvgIpc) is 3.20. The second kappa shape index (κ2) is 9.20. The maximum atomic E-state index is 12.5. The molecule has 8 heteroatoms. The number of aromatic nitrogens is 2. The van der Waals surface area contributed by atoms with E-state index in [4.69, 9.17) is 27.6 Å². The number of carbonyl (C=O) groups excluding carboxylic acids is 1. The second-order valence-corrected chi connectivity index (χ2v) is 7.65. The zero-order valence-corrected chi connectivity index (χ0v) is 18.0. The number of carbonyl (C=O) groups is 1. The predicted molar refractivity (Wildman–Crippen MR) is 122 cm³/mol. The molecular weight excluding hydrogens is 435 g/mol. The summed E-state index contributed by atoms with van der Waals surface area (Å²) in [7, 11) is 0. The van der Waals surface area contributed by atoms with Gasteiger partial charge in [-0.05, 0) is 61.5 Å². The normalized spacial score (nSPS) is 10.7. The average molecular weight is 453 g/mol. The molecule has 156 valence electrons. The second-order valence-electron chi connectivity index (χ2n) is 6.83. The van der Waals surface area contributed by atoms with Gasteiger partial charge in [-0.3, -0.25) is 4.79 Å². The Morgan fingerprint density at radius 3 is 2.55 bits per heavy atom. The van der Waals surface area contributed by atoms with E-state index < -0.39 is 0 Å². The summed E-state index contributed by atoms with van der Waals surface area (Å²) in [6.07, 6.45) is 0. The molecule has 2 aromatic carbocycles. The van der Waals surface area contributed by atoms with Gasteiger partial charge in [0, 0.05) is 16.8 Å². The number of nitrogens with one attached hydrogen (secondary N) is 2. The van der Waals surface area contributed by atoms with Crippen LogP contribution in [0.25, 0.3) is 11.3 Å². The number of benzene rings is 2. The molecule has 0 fully saturated rings. The standard InChI is InChI=1S/C23H18Cl2N4O2/c1-14-5-7-18(31-14)13-26-23(30)16-3-2-4-17(11-16)27-22-10-9-21(28-29-22)15-6-8-19(24)20(25)12-15/h2-12H,13H2,1H3,(H,26,30)(H,27,29). The van der Waals surface area contributed by atoms with Crippen molar-refractivity contribution in [3.8, 4) is 11.3 Å². The molecule has 31 heavy (non-hydrogen) atoms. The fourth-order valence-electron chi connectivity index (χ4n) is 2.94. The summed E-state index contributed by atoms with van der Waals surface area (Å²) in [5.41, 5.74) is 2.73. The van der Waals surface area contributed by atoms with E-state index in [9.17, 15) is 4.79 Å². The van der Waals surface area contributed by atoms with Crippen molar-refractivity contribution in [1.82, 2.24) is 15.5 Å². The van der Waals surface area contributed by atoms with Crippen LogP contribution in [0, 0.1) is 6.92 Å². The molecule has 0 radical (unpaired) electrons. The Morgan fingerprint density at radius 2 is 1.84 bits per heavy atom. The van der Waals surface area contributed by atoms with Crippen LogP contribution in [-0.4, -0.2) is 16.1 Å². The van der Waals surface area contributed by atoms with Crippen LogP contribution in [-0.2, 0) is 6.54 Å². The monoisotopic (exact) mass is 452 g/mol. The molecule has 0 saturated carbocycles. The molecule has 0 aliphatic rings. The number of halogens is 2. The Balaban J connectivity index is 1.42. The SMILES string of the molecule is Cc1ccc(CNC(=O)c2cccc(Nc3ccc(-c4ccc(Cl)c(Cl)c4)nn3)c2)o1. The fraction of sp³-hybridized carbons (Fsp3) is 0.0870. The third-order valence-corrected chi connectivity index (χ3v) is 5.24. The maximum Gasteiger partial charge on any atom is 0.251 e. The first-order valence-corrected chi connectivity index (χ1v) is 10.2. The van der Waals surface area contributed by atoms with Gasteiger partial charge in [0.05, 0.1) is 22.3 Å². The Labute approximate surface area is 189 Å². The summed E-state index contributed by atoms with van der Waals surface area (Å²) in [5, 5.41) is 15.4. The molecule has 1 amide bonds. The number of aryl methyl sites for hydroxylation is 1. The minimum absolute atomic E-state index is 0.196. The first-order chi connectivity index (χ1) is 15.0. The highest BCUT2D eigenvalue weighted by molar-refractivity contribution is 6.42. The van der Waals surface area contributed by atoms with Crippen LogP contribution in [0.1, 0.15) is 21.9 Å². The molecular formula is C23H18Cl2N4O2. The van der Waals surface area contributed by atoms with E-state index in [1.54, 1.807) is 36.4 Å². The van der Waals surface area contributed by atoms with Crippen molar-refractivity contribution >= 4 is 40.6 Å². The van der Waals surface area contributed by atoms with E-state index in [0.29, 0.717) is 39.4 Å². The summed E-state index contributed by atoms with van der Waals surface area (Å²) in [6.45, 7) is 2.19. The molecule has 4 rings (SSSR count). The van der Waals surface area contributed by atoms with Gasteiger partial charge in [0.1, 0.15) is 11.5 Å². The minimum Gasteiger partial charge on any atom is -0.465 e. The van der Waals surface area contributed by atoms with E-state index in [1.165, 1.54) is 0 Å². The number of hydrogen-bond acceptors (Lipinski definition) is 5. The molecule has 0 aliphatic carbocycles. The summed E-state index contributed by atoms with van der Waals surface area (Å²) < 4.78 is 5.47. The van der Waals surface area contributed by atoms with Gasteiger partial charge in [-0.15, -0.1) is 10.2 Å². The van der Waals surface area contributed by atoms with Crippen LogP contribution in [0.4, 0.5) is 11.5 Å². The van der Waals surface area contributed by atoms with Gasteiger partial charge < -0.3 is 15.1 Å². The minimum atomic E-state index is -0.196. The largest absolute Gasteiger partial charge is 0.465 e. The number of anilines is 2. The van der Waals surface area contributed by atoms with Gasteiger partial charge in [0.25, 0.3) is 5.91 Å². The zero-order valence-electron chi connectivity index (χ0n) is 16.5. The molecule has 2 N–H and O–H groups in total. The summed E-state index contributed by atoms with van der Waals surface area (Å²) in [4.78, 5) is 12.5. The lowest BCUT2D eigenvalue weighted by atomic mass is 10.1. The molecule has 6 nitrogen and oxygen atoms in total. The van der Waals surface area contributed by atoms with Gasteiger partial charge in [0.15, 0.2) is 5.82 Å². The molecule has 2 aromatic heterocycles. The van der Waals surface area contributed by atoms with Crippen molar-refractivity contribution in [3.05, 3.63) is 93.9 Å². The quantitative estimate of drug-likeness (QED) is 0.373. The number of amides is 1. The maximum absolute atomic E-state index is 12.5. The van der Waals surface area contributed by atoms with Crippen LogP contribution in [0.3, 0.4) is 0 Å². The Kier molecular flexibility index (Phi) is 6.21. The lowest BCUT2D eigenvalue weighted by molar-refractivity contribution is 0.0948. The highest BCUT2D eigenvalue weighted by Gasteiger charge is 2.09. The zero-order chi connectivity index (χ0) is 21.8. The van der Waals surface area contributed by atoms with Crippen molar-refractivity contribution in [2.45, 2.75) is 13.5 Å². The Hall–Kier alpha value is -3.35. The van der Waals surface area contributed by atoms with Gasteiger partial charge in [-0.2, -0.15) is 0 Å². The highest BCUT2D eigenvalue weighted by Crippen LogP contribution is 2.27. The van der Waals surface area contributed by atoms with E-state index in [0.717, 1.165) is 17.0 Å². The fourth-order valence-corrected chi connectivity index (χ4v) is 3.24. The number of hydrogen-bond donors (Lipinski definition) is 2. The molecule has 0 atom stereocenters. The van der Waals surface area contributed by atoms with Crippen LogP contribution < -0.4 is 10.6 Å². The highest BCUT2D eigenvalue weighted by atomic mass is 35.5. The van der Waals surface area contributed by atoms with Gasteiger partial charge in [-0.25, -0.2) is 0 Å². The molecule has 0 unspecified atom stereocenters. The van der Waals surface area contributed by atoms with E-state index in [2.05, 4.69) is 20.8 Å². The lowest BCUT2D eigenvalue weighted by Gasteiger charge is -2.09. The number of nitrogens with zero attached hydrogens (tertiary/aromatic N) is 2. The number of rotatable bonds is 6. The molecule has 0 aliphatic heterocycles. The topological polar surface area (TPSA) is 80.0 Å². The van der Waals surface area contributed by atoms with Crippen LogP contribution >= 0.6 is 23.2 Å². The summed E-state index contributed by atoms with van der Waals surface area (Å²) in [5.74, 6) is 1.87. The van der Waals surface area contributed by atoms with Crippen LogP contribution in [0.15, 0.2) is 71.1 Å². The molecule has 0 bridgehead atoms. The molecule has 2 heterocycles. The summed E-state index contributed by atoms with van der Waals surface area (Å²) in [6, 6.07) is 19.8. The third kappa shape index (κ3) is 5.23. The lowest BCUT2D eigenvalue weighted by Crippen LogP contribution is -2.22. The Morgan fingerprint density at radius 1 is 0.968 bits per heavy atom. The van der Waals surface area contributed by atoms with Gasteiger partial charge in [-0.1, -0.05) is 35.3 Å². The first kappa shape index (κ1) is 20.9. The summed E-state index contributed by atoms with van der Waals surface area (Å²) >= 11 is 12.0. The first-order valence-electron chi connectivity index (χ1n) is 9.48. The predicted octanol–water partition coefficient (Wildman–Crippen LogP) is 6.03.